The van der Waals surface area contributed by atoms with Gasteiger partial charge in [-0.25, -0.2) is 27.5 Å². The van der Waals surface area contributed by atoms with E-state index in [-0.39, 0.29) is 11.6 Å². The van der Waals surface area contributed by atoms with Crippen LogP contribution >= 0.6 is 0 Å². The summed E-state index contributed by atoms with van der Waals surface area (Å²) >= 11 is 0. The summed E-state index contributed by atoms with van der Waals surface area (Å²) in [7, 11) is -3.24. The van der Waals surface area contributed by atoms with E-state index >= 15 is 0 Å². The predicted octanol–water partition coefficient (Wildman–Crippen LogP) is 1.22. The third kappa shape index (κ3) is 4.18. The minimum atomic E-state index is -3.24. The van der Waals surface area contributed by atoms with Gasteiger partial charge in [-0.3, -0.25) is 0 Å². The van der Waals surface area contributed by atoms with E-state index < -0.39 is 16.0 Å². The molecular weight excluding hydrogens is 422 g/mol. The first kappa shape index (κ1) is 20.7. The van der Waals surface area contributed by atoms with Crippen LogP contribution in [0.5, 0.6) is 0 Å². The minimum absolute atomic E-state index is 0.00507. The van der Waals surface area contributed by atoms with Crippen molar-refractivity contribution < 1.29 is 18.3 Å². The Bertz CT molecular complexity index is 1300. The molecule has 12 heteroatoms. The van der Waals surface area contributed by atoms with Gasteiger partial charge in [0.05, 0.1) is 23.7 Å². The zero-order chi connectivity index (χ0) is 22.2. The van der Waals surface area contributed by atoms with Crippen LogP contribution in [0.15, 0.2) is 30.7 Å². The van der Waals surface area contributed by atoms with E-state index in [0.717, 1.165) is 0 Å². The van der Waals surface area contributed by atoms with Gasteiger partial charge in [0.2, 0.25) is 10.0 Å². The number of aromatic nitrogens is 4. The molecular formula is C19H19N7O4S. The number of sulfonamides is 1. The predicted molar refractivity (Wildman–Crippen MR) is 111 cm³/mol. The highest BCUT2D eigenvalue weighted by Crippen LogP contribution is 2.24. The van der Waals surface area contributed by atoms with Crippen molar-refractivity contribution in [1.82, 2.24) is 24.1 Å². The Morgan fingerprint density at radius 2 is 1.97 bits per heavy atom. The number of pyridine rings is 2. The number of rotatable bonds is 5. The first-order valence-electron chi connectivity index (χ1n) is 9.45. The Morgan fingerprint density at radius 1 is 1.23 bits per heavy atom. The van der Waals surface area contributed by atoms with Crippen LogP contribution in [0.4, 0.5) is 5.69 Å². The number of nitriles is 1. The summed E-state index contributed by atoms with van der Waals surface area (Å²) in [6.07, 6.45) is 6.52. The van der Waals surface area contributed by atoms with Crippen LogP contribution in [-0.4, -0.2) is 68.9 Å². The van der Waals surface area contributed by atoms with E-state index in [4.69, 9.17) is 5.26 Å². The number of carbonyl (C=O) groups is 1. The number of anilines is 1. The molecule has 3 aromatic heterocycles. The lowest BCUT2D eigenvalue weighted by molar-refractivity contribution is 0.0697. The van der Waals surface area contributed by atoms with Crippen LogP contribution in [0.1, 0.15) is 28.8 Å². The number of fused-ring (bicyclic) bond motifs is 1. The summed E-state index contributed by atoms with van der Waals surface area (Å²) in [5.41, 5.74) is 1.27. The Labute approximate surface area is 178 Å². The molecule has 11 nitrogen and oxygen atoms in total. The van der Waals surface area contributed by atoms with Crippen molar-refractivity contribution in [3.63, 3.8) is 0 Å². The van der Waals surface area contributed by atoms with Gasteiger partial charge in [-0.1, -0.05) is 0 Å². The average molecular weight is 441 g/mol. The van der Waals surface area contributed by atoms with E-state index in [1.54, 1.807) is 18.3 Å². The molecule has 160 valence electrons. The van der Waals surface area contributed by atoms with Crippen molar-refractivity contribution in [1.29, 1.82) is 5.26 Å². The highest BCUT2D eigenvalue weighted by Gasteiger charge is 2.26. The number of aromatic carboxylic acids is 1. The third-order valence-corrected chi connectivity index (χ3v) is 6.46. The summed E-state index contributed by atoms with van der Waals surface area (Å²) in [5.74, 6) is -0.759. The van der Waals surface area contributed by atoms with Gasteiger partial charge in [-0.15, -0.1) is 0 Å². The molecule has 0 bridgehead atoms. The zero-order valence-corrected chi connectivity index (χ0v) is 17.4. The molecule has 1 fully saturated rings. The summed E-state index contributed by atoms with van der Waals surface area (Å²) in [6.45, 7) is 0.734. The lowest BCUT2D eigenvalue weighted by Crippen LogP contribution is -2.42. The van der Waals surface area contributed by atoms with Gasteiger partial charge in [0.25, 0.3) is 0 Å². The van der Waals surface area contributed by atoms with Gasteiger partial charge in [0, 0.05) is 43.0 Å². The van der Waals surface area contributed by atoms with Gasteiger partial charge in [0.15, 0.2) is 11.5 Å². The Hall–Kier alpha value is -3.56. The Kier molecular flexibility index (Phi) is 5.30. The molecule has 31 heavy (non-hydrogen) atoms. The highest BCUT2D eigenvalue weighted by atomic mass is 32.2. The zero-order valence-electron chi connectivity index (χ0n) is 16.6. The number of carboxylic acids is 1. The molecule has 0 saturated carbocycles. The van der Waals surface area contributed by atoms with E-state index in [0.29, 0.717) is 54.0 Å². The van der Waals surface area contributed by atoms with Gasteiger partial charge < -0.3 is 10.4 Å². The monoisotopic (exact) mass is 441 g/mol. The SMILES string of the molecule is CS(=O)(=O)N1CCC(Nc2cc(-n3ncc4cc(C#N)cnc43)ncc2C(=O)O)CC1. The molecule has 0 unspecified atom stereocenters. The second-order valence-electron chi connectivity index (χ2n) is 7.28. The van der Waals surface area contributed by atoms with E-state index in [2.05, 4.69) is 20.4 Å². The summed E-state index contributed by atoms with van der Waals surface area (Å²) in [5, 5.41) is 26.7. The Morgan fingerprint density at radius 3 is 2.61 bits per heavy atom. The number of hydrogen-bond donors (Lipinski definition) is 2. The standard InChI is InChI=1S/C19H19N7O4S/c1-31(29,30)25-4-2-14(3-5-25)24-16-7-17(21-11-15(16)19(27)28)26-18-13(10-23-26)6-12(8-20)9-22-18/h6-7,9-11,14H,2-5H2,1H3,(H,21,24)(H,27,28). The van der Waals surface area contributed by atoms with Crippen LogP contribution in [0.3, 0.4) is 0 Å². The van der Waals surface area contributed by atoms with Crippen LogP contribution in [-0.2, 0) is 10.0 Å². The second-order valence-corrected chi connectivity index (χ2v) is 9.26. The van der Waals surface area contributed by atoms with Crippen molar-refractivity contribution >= 4 is 32.7 Å². The molecule has 0 aromatic carbocycles. The molecule has 0 spiro atoms. The fourth-order valence-corrected chi connectivity index (χ4v) is 4.43. The smallest absolute Gasteiger partial charge is 0.339 e. The molecule has 0 atom stereocenters. The van der Waals surface area contributed by atoms with Crippen molar-refractivity contribution in [2.45, 2.75) is 18.9 Å². The normalized spacial score (nSPS) is 15.6. The van der Waals surface area contributed by atoms with Crippen LogP contribution in [0, 0.1) is 11.3 Å². The first-order chi connectivity index (χ1) is 14.8. The van der Waals surface area contributed by atoms with Gasteiger partial charge in [-0.05, 0) is 18.9 Å². The molecule has 1 aliphatic rings. The minimum Gasteiger partial charge on any atom is -0.478 e. The lowest BCUT2D eigenvalue weighted by atomic mass is 10.1. The maximum absolute atomic E-state index is 11.7. The largest absolute Gasteiger partial charge is 0.478 e. The molecule has 0 aliphatic carbocycles. The van der Waals surface area contributed by atoms with Crippen molar-refractivity contribution in [2.24, 2.45) is 0 Å². The topological polar surface area (TPSA) is 154 Å². The number of nitrogens with one attached hydrogen (secondary N) is 1. The van der Waals surface area contributed by atoms with Gasteiger partial charge >= 0.3 is 5.97 Å². The number of carboxylic acid groups (broad SMARTS) is 1. The summed E-state index contributed by atoms with van der Waals surface area (Å²) in [4.78, 5) is 20.2. The van der Waals surface area contributed by atoms with Crippen molar-refractivity contribution in [3.8, 4) is 11.9 Å². The molecule has 3 aromatic rings. The van der Waals surface area contributed by atoms with E-state index in [9.17, 15) is 18.3 Å². The van der Waals surface area contributed by atoms with E-state index in [1.165, 1.54) is 27.6 Å². The molecule has 1 saturated heterocycles. The molecule has 1 aliphatic heterocycles. The summed E-state index contributed by atoms with van der Waals surface area (Å²) in [6, 6.07) is 5.18. The average Bonchev–Trinajstić information content (AvgIpc) is 3.16. The van der Waals surface area contributed by atoms with Crippen molar-refractivity contribution in [2.75, 3.05) is 24.7 Å². The molecule has 0 amide bonds. The van der Waals surface area contributed by atoms with Crippen LogP contribution in [0.25, 0.3) is 16.9 Å². The quantitative estimate of drug-likeness (QED) is 0.594. The fourth-order valence-electron chi connectivity index (χ4n) is 3.55. The molecule has 4 heterocycles. The molecule has 0 radical (unpaired) electrons. The number of nitrogens with zero attached hydrogens (tertiary/aromatic N) is 6. The maximum atomic E-state index is 11.7. The second kappa shape index (κ2) is 7.93. The number of piperidine rings is 1. The molecule has 4 rings (SSSR count). The van der Waals surface area contributed by atoms with E-state index in [1.807, 2.05) is 6.07 Å². The fraction of sp³-hybridized carbons (Fsp3) is 0.316. The highest BCUT2D eigenvalue weighted by molar-refractivity contribution is 7.88. The summed E-state index contributed by atoms with van der Waals surface area (Å²) < 4.78 is 26.3. The Balaban J connectivity index is 1.64. The first-order valence-corrected chi connectivity index (χ1v) is 11.3. The van der Waals surface area contributed by atoms with Crippen molar-refractivity contribution in [3.05, 3.63) is 41.9 Å². The van der Waals surface area contributed by atoms with Crippen LogP contribution in [0.2, 0.25) is 0 Å². The van der Waals surface area contributed by atoms with Gasteiger partial charge in [-0.2, -0.15) is 15.0 Å². The third-order valence-electron chi connectivity index (χ3n) is 5.16. The number of hydrogen-bond acceptors (Lipinski definition) is 8. The van der Waals surface area contributed by atoms with Crippen LogP contribution < -0.4 is 5.32 Å². The lowest BCUT2D eigenvalue weighted by Gasteiger charge is -2.31. The van der Waals surface area contributed by atoms with Gasteiger partial charge in [0.1, 0.15) is 11.6 Å². The molecule has 2 N–H and O–H groups in total. The maximum Gasteiger partial charge on any atom is 0.339 e.